The highest BCUT2D eigenvalue weighted by atomic mass is 32.3. The summed E-state index contributed by atoms with van der Waals surface area (Å²) in [6.45, 7) is 16.2. The van der Waals surface area contributed by atoms with Gasteiger partial charge in [0.1, 0.15) is 6.54 Å². The van der Waals surface area contributed by atoms with Gasteiger partial charge in [0.15, 0.2) is 20.0 Å². The minimum absolute atomic E-state index is 0.599. The second kappa shape index (κ2) is 12.7. The number of hydrogen-bond donors (Lipinski definition) is 0. The number of quaternary nitrogens is 1. The minimum atomic E-state index is -6.72. The number of sulfonamides is 2. The molecule has 0 aliphatic rings. The number of ether oxygens (including phenoxy) is 1. The van der Waals surface area contributed by atoms with Gasteiger partial charge in [0.25, 0.3) is 0 Å². The lowest BCUT2D eigenvalue weighted by atomic mass is 10.2. The predicted molar refractivity (Wildman–Crippen MR) is 109 cm³/mol. The van der Waals surface area contributed by atoms with Gasteiger partial charge in [-0.1, -0.05) is 0 Å². The molecule has 0 amide bonds. The van der Waals surface area contributed by atoms with Crippen molar-refractivity contribution in [1.29, 1.82) is 0 Å². The van der Waals surface area contributed by atoms with Crippen molar-refractivity contribution in [3.63, 3.8) is 0 Å². The van der Waals surface area contributed by atoms with Crippen molar-refractivity contribution >= 4 is 20.0 Å². The van der Waals surface area contributed by atoms with Gasteiger partial charge in [0.2, 0.25) is 0 Å². The second-order valence-electron chi connectivity index (χ2n) is 7.93. The van der Waals surface area contributed by atoms with Crippen molar-refractivity contribution in [2.45, 2.75) is 57.7 Å². The third-order valence-corrected chi connectivity index (χ3v) is 7.04. The Morgan fingerprint density at radius 1 is 0.844 bits per heavy atom. The van der Waals surface area contributed by atoms with Gasteiger partial charge in [-0.2, -0.15) is 26.3 Å². The molecule has 0 heterocycles. The number of likely N-dealkylation sites (N-methyl/N-ethyl adjacent to an activating group) is 1. The van der Waals surface area contributed by atoms with E-state index in [0.717, 1.165) is 41.5 Å². The molecule has 0 radical (unpaired) electrons. The van der Waals surface area contributed by atoms with Crippen LogP contribution in [0.3, 0.4) is 0 Å². The maximum absolute atomic E-state index is 11.4. The van der Waals surface area contributed by atoms with E-state index in [-0.39, 0.29) is 0 Å². The highest BCUT2D eigenvalue weighted by Crippen LogP contribution is 2.36. The van der Waals surface area contributed by atoms with Crippen LogP contribution >= 0.6 is 0 Å². The first-order valence-electron chi connectivity index (χ1n) is 9.53. The lowest BCUT2D eigenvalue weighted by molar-refractivity contribution is -0.888. The Morgan fingerprint density at radius 2 is 1.22 bits per heavy atom. The normalized spacial score (nSPS) is 14.1. The van der Waals surface area contributed by atoms with Crippen molar-refractivity contribution < 1.29 is 52.4 Å². The van der Waals surface area contributed by atoms with Gasteiger partial charge < -0.3 is 13.3 Å². The smallest absolute Gasteiger partial charge is 0.421 e. The molecule has 0 bridgehead atoms. The largest absolute Gasteiger partial charge is 0.480 e. The number of rotatable bonds is 11. The molecule has 8 nitrogen and oxygen atoms in total. The number of alkyl halides is 6. The molecule has 0 aromatic carbocycles. The van der Waals surface area contributed by atoms with Gasteiger partial charge >= 0.3 is 11.0 Å². The Labute approximate surface area is 186 Å². The van der Waals surface area contributed by atoms with Crippen LogP contribution in [0.2, 0.25) is 0 Å². The monoisotopic (exact) mass is 525 g/mol. The highest BCUT2D eigenvalue weighted by molar-refractivity contribution is 8.13. The molecule has 0 saturated carbocycles. The summed E-state index contributed by atoms with van der Waals surface area (Å²) in [7, 11) is -8.95. The zero-order valence-electron chi connectivity index (χ0n) is 19.2. The van der Waals surface area contributed by atoms with Crippen LogP contribution in [0.4, 0.5) is 26.3 Å². The van der Waals surface area contributed by atoms with Crippen LogP contribution in [0.15, 0.2) is 0 Å². The number of halogens is 6. The van der Waals surface area contributed by atoms with Gasteiger partial charge in [0, 0.05) is 18.6 Å². The highest BCUT2D eigenvalue weighted by Gasteiger charge is 2.46. The van der Waals surface area contributed by atoms with Crippen molar-refractivity contribution in [1.82, 2.24) is 4.90 Å². The molecule has 0 aromatic heterocycles. The van der Waals surface area contributed by atoms with Crippen molar-refractivity contribution in [3.05, 3.63) is 4.13 Å². The summed E-state index contributed by atoms with van der Waals surface area (Å²) in [6.07, 6.45) is 0. The fourth-order valence-electron chi connectivity index (χ4n) is 2.07. The van der Waals surface area contributed by atoms with Crippen molar-refractivity contribution in [2.24, 2.45) is 0 Å². The third kappa shape index (κ3) is 12.5. The van der Waals surface area contributed by atoms with Crippen LogP contribution in [-0.4, -0.2) is 96.3 Å². The summed E-state index contributed by atoms with van der Waals surface area (Å²) < 4.78 is 116. The minimum Gasteiger partial charge on any atom is -0.421 e. The van der Waals surface area contributed by atoms with Crippen LogP contribution in [0.5, 0.6) is 0 Å². The average Bonchev–Trinajstić information content (AvgIpc) is 2.54. The van der Waals surface area contributed by atoms with Crippen molar-refractivity contribution in [3.8, 4) is 0 Å². The molecular formula is C16H33F6N3O5S2. The average molecular weight is 526 g/mol. The Kier molecular flexibility index (Phi) is 13.3. The molecule has 0 N–H and O–H groups in total. The first-order valence-corrected chi connectivity index (χ1v) is 12.4. The summed E-state index contributed by atoms with van der Waals surface area (Å²) >= 11 is 0. The molecule has 0 aromatic rings. The van der Waals surface area contributed by atoms with Gasteiger partial charge in [-0.05, 0) is 34.6 Å². The topological polar surface area (TPSA) is 94.8 Å². The number of nitrogens with zero attached hydrogens (tertiary/aromatic N) is 3. The van der Waals surface area contributed by atoms with Crippen LogP contribution in [-0.2, 0) is 24.8 Å². The Balaban J connectivity index is 0. The van der Waals surface area contributed by atoms with Gasteiger partial charge in [-0.3, -0.25) is 4.90 Å². The van der Waals surface area contributed by atoms with Crippen LogP contribution in [0.1, 0.15) is 34.6 Å². The van der Waals surface area contributed by atoms with Crippen molar-refractivity contribution in [2.75, 3.05) is 46.9 Å². The molecule has 0 saturated heterocycles. The molecule has 0 unspecified atom stereocenters. The van der Waals surface area contributed by atoms with E-state index in [0.29, 0.717) is 12.1 Å². The van der Waals surface area contributed by atoms with E-state index in [1.54, 1.807) is 0 Å². The van der Waals surface area contributed by atoms with E-state index in [1.165, 1.54) is 0 Å². The van der Waals surface area contributed by atoms with E-state index in [1.807, 2.05) is 0 Å². The first-order chi connectivity index (χ1) is 14.0. The van der Waals surface area contributed by atoms with E-state index in [2.05, 4.69) is 53.6 Å². The predicted octanol–water partition coefficient (Wildman–Crippen LogP) is 3.28. The standard InChI is InChI=1S/C14H33N2O.C2F6NO4S2/c1-8-16(6,7)10-12-17-11-9-15(13(2)3)14(4)5;3-1(4,5)14(10,11)9-15(12,13)2(6,7)8/h13-14H,8-12H2,1-7H3;/q+1;-1. The summed E-state index contributed by atoms with van der Waals surface area (Å²) in [5, 5.41) is 0. The molecular weight excluding hydrogens is 492 g/mol. The number of hydrogen-bond acceptors (Lipinski definition) is 6. The molecule has 0 atom stereocenters. The van der Waals surface area contributed by atoms with Crippen LogP contribution in [0, 0.1) is 0 Å². The van der Waals surface area contributed by atoms with E-state index < -0.39 is 31.1 Å². The van der Waals surface area contributed by atoms with E-state index in [4.69, 9.17) is 4.74 Å². The fourth-order valence-corrected chi connectivity index (χ4v) is 3.78. The van der Waals surface area contributed by atoms with E-state index in [9.17, 15) is 43.2 Å². The van der Waals surface area contributed by atoms with Gasteiger partial charge in [-0.25, -0.2) is 16.8 Å². The molecule has 32 heavy (non-hydrogen) atoms. The Morgan fingerprint density at radius 3 is 1.50 bits per heavy atom. The summed E-state index contributed by atoms with van der Waals surface area (Å²) in [4.78, 5) is 2.47. The first kappa shape index (κ1) is 33.5. The van der Waals surface area contributed by atoms with Crippen LogP contribution in [0.25, 0.3) is 4.13 Å². The lowest BCUT2D eigenvalue weighted by Gasteiger charge is -2.31. The molecule has 0 rings (SSSR count). The molecule has 0 aliphatic heterocycles. The second-order valence-corrected chi connectivity index (χ2v) is 11.4. The fraction of sp³-hybridized carbons (Fsp3) is 1.00. The summed E-state index contributed by atoms with van der Waals surface area (Å²) in [5.74, 6) is 0. The zero-order valence-corrected chi connectivity index (χ0v) is 20.8. The molecule has 196 valence electrons. The maximum Gasteiger partial charge on any atom is 0.480 e. The maximum atomic E-state index is 11.4. The lowest BCUT2D eigenvalue weighted by Crippen LogP contribution is -2.43. The SMILES string of the molecule is CC[N+](C)(C)CCOCCN(C(C)C)C(C)C.O=S(=O)([N-]S(=O)(=O)C(F)(F)F)C(F)(F)F. The Bertz CT molecular complexity index is 701. The summed E-state index contributed by atoms with van der Waals surface area (Å²) in [6, 6.07) is 1.20. The van der Waals surface area contributed by atoms with Gasteiger partial charge in [-0.15, -0.1) is 0 Å². The van der Waals surface area contributed by atoms with E-state index >= 15 is 0 Å². The zero-order chi connectivity index (χ0) is 26.2. The molecule has 0 aliphatic carbocycles. The third-order valence-electron chi connectivity index (χ3n) is 4.30. The quantitative estimate of drug-likeness (QED) is 0.234. The molecule has 16 heteroatoms. The Hall–Kier alpha value is -0.680. The molecule has 0 fully saturated rings. The molecule has 0 spiro atoms. The van der Waals surface area contributed by atoms with Crippen LogP contribution < -0.4 is 0 Å². The summed E-state index contributed by atoms with van der Waals surface area (Å²) in [5.41, 5.74) is -12.4. The van der Waals surface area contributed by atoms with Gasteiger partial charge in [0.05, 0.1) is 33.9 Å².